The second kappa shape index (κ2) is 5.37. The number of nitrogens with one attached hydrogen (secondary N) is 2. The van der Waals surface area contributed by atoms with Gasteiger partial charge in [0.05, 0.1) is 0 Å². The van der Waals surface area contributed by atoms with E-state index in [0.717, 1.165) is 22.4 Å². The van der Waals surface area contributed by atoms with Gasteiger partial charge in [0.1, 0.15) is 5.65 Å². The number of aromatic nitrogens is 2. The van der Waals surface area contributed by atoms with E-state index in [1.165, 1.54) is 11.1 Å². The first kappa shape index (κ1) is 12.7. The van der Waals surface area contributed by atoms with Crippen molar-refractivity contribution < 1.29 is 0 Å². The molecule has 3 nitrogen and oxygen atoms in total. The molecule has 0 amide bonds. The van der Waals surface area contributed by atoms with E-state index in [0.29, 0.717) is 0 Å². The van der Waals surface area contributed by atoms with E-state index in [-0.39, 0.29) is 0 Å². The maximum Gasteiger partial charge on any atom is 0.137 e. The Morgan fingerprint density at radius 3 is 2.50 bits per heavy atom. The largest absolute Gasteiger partial charge is 0.355 e. The summed E-state index contributed by atoms with van der Waals surface area (Å²) in [6.07, 6.45) is 3.77. The van der Waals surface area contributed by atoms with E-state index in [1.807, 2.05) is 36.7 Å². The second-order valence-electron chi connectivity index (χ2n) is 5.14. The molecule has 2 heterocycles. The Bertz CT molecular complexity index is 910. The van der Waals surface area contributed by atoms with Crippen molar-refractivity contribution in [1.29, 1.82) is 0 Å². The summed E-state index contributed by atoms with van der Waals surface area (Å²) in [6, 6.07) is 22.7. The summed E-state index contributed by atoms with van der Waals surface area (Å²) in [5.74, 6) is 0. The molecule has 0 unspecified atom stereocenters. The highest BCUT2D eigenvalue weighted by atomic mass is 14.9. The molecule has 0 aliphatic rings. The highest BCUT2D eigenvalue weighted by Gasteiger charge is 2.09. The fourth-order valence-corrected chi connectivity index (χ4v) is 2.70. The number of aromatic amines is 1. The van der Waals surface area contributed by atoms with Crippen molar-refractivity contribution >= 4 is 22.4 Å². The Balaban J connectivity index is 1.84. The molecule has 3 heteroatoms. The Morgan fingerprint density at radius 2 is 1.59 bits per heavy atom. The van der Waals surface area contributed by atoms with Crippen LogP contribution in [0.3, 0.4) is 0 Å². The smallest absolute Gasteiger partial charge is 0.137 e. The molecule has 2 aromatic carbocycles. The van der Waals surface area contributed by atoms with Crippen LogP contribution in [0.15, 0.2) is 79.1 Å². The topological polar surface area (TPSA) is 40.7 Å². The summed E-state index contributed by atoms with van der Waals surface area (Å²) < 4.78 is 0. The number of para-hydroxylation sites is 2. The first-order valence-corrected chi connectivity index (χ1v) is 7.25. The lowest BCUT2D eigenvalue weighted by atomic mass is 10.0. The maximum absolute atomic E-state index is 4.37. The van der Waals surface area contributed by atoms with E-state index in [2.05, 4.69) is 57.7 Å². The quantitative estimate of drug-likeness (QED) is 0.557. The van der Waals surface area contributed by atoms with Crippen molar-refractivity contribution in [3.05, 3.63) is 79.1 Å². The van der Waals surface area contributed by atoms with Gasteiger partial charge in [-0.2, -0.15) is 0 Å². The van der Waals surface area contributed by atoms with Crippen molar-refractivity contribution in [2.75, 3.05) is 5.32 Å². The molecule has 22 heavy (non-hydrogen) atoms. The molecule has 0 bridgehead atoms. The highest BCUT2D eigenvalue weighted by molar-refractivity contribution is 5.97. The summed E-state index contributed by atoms with van der Waals surface area (Å²) in [5, 5.41) is 4.63. The number of anilines is 2. The molecule has 4 aromatic rings. The molecule has 2 N–H and O–H groups in total. The zero-order valence-electron chi connectivity index (χ0n) is 12.0. The average Bonchev–Trinajstić information content (AvgIpc) is 3.05. The van der Waals surface area contributed by atoms with Crippen LogP contribution < -0.4 is 5.32 Å². The summed E-state index contributed by atoms with van der Waals surface area (Å²) in [4.78, 5) is 7.53. The van der Waals surface area contributed by atoms with Crippen LogP contribution in [0, 0.1) is 0 Å². The van der Waals surface area contributed by atoms with E-state index >= 15 is 0 Å². The van der Waals surface area contributed by atoms with Gasteiger partial charge in [-0.05, 0) is 35.9 Å². The van der Waals surface area contributed by atoms with Gasteiger partial charge in [0, 0.05) is 34.7 Å². The minimum atomic E-state index is 0.909. The van der Waals surface area contributed by atoms with Gasteiger partial charge in [0.2, 0.25) is 0 Å². The third kappa shape index (κ3) is 2.23. The first-order valence-electron chi connectivity index (χ1n) is 7.25. The van der Waals surface area contributed by atoms with Crippen LogP contribution in [0.2, 0.25) is 0 Å². The van der Waals surface area contributed by atoms with Gasteiger partial charge in [-0.25, -0.2) is 4.98 Å². The predicted molar refractivity (Wildman–Crippen MR) is 91.3 cm³/mol. The number of benzene rings is 2. The SMILES string of the molecule is c1ccc(Nc2ccccc2-c2ccnc3[nH]ccc23)cc1. The monoisotopic (exact) mass is 285 g/mol. The number of hydrogen-bond acceptors (Lipinski definition) is 2. The lowest BCUT2D eigenvalue weighted by Crippen LogP contribution is -1.93. The van der Waals surface area contributed by atoms with Crippen LogP contribution in [-0.4, -0.2) is 9.97 Å². The third-order valence-electron chi connectivity index (χ3n) is 3.73. The Hall–Kier alpha value is -3.07. The Morgan fingerprint density at radius 1 is 0.773 bits per heavy atom. The molecule has 2 aromatic heterocycles. The number of pyridine rings is 1. The second-order valence-corrected chi connectivity index (χ2v) is 5.14. The molecular weight excluding hydrogens is 270 g/mol. The lowest BCUT2D eigenvalue weighted by Gasteiger charge is -2.13. The molecule has 0 saturated carbocycles. The predicted octanol–water partition coefficient (Wildman–Crippen LogP) is 4.97. The van der Waals surface area contributed by atoms with Gasteiger partial charge in [-0.1, -0.05) is 36.4 Å². The number of fused-ring (bicyclic) bond motifs is 1. The fourth-order valence-electron chi connectivity index (χ4n) is 2.70. The summed E-state index contributed by atoms with van der Waals surface area (Å²) >= 11 is 0. The fraction of sp³-hybridized carbons (Fsp3) is 0. The zero-order chi connectivity index (χ0) is 14.8. The zero-order valence-corrected chi connectivity index (χ0v) is 12.0. The van der Waals surface area contributed by atoms with Crippen molar-refractivity contribution in [1.82, 2.24) is 9.97 Å². The molecular formula is C19H15N3. The van der Waals surface area contributed by atoms with Gasteiger partial charge in [0.25, 0.3) is 0 Å². The highest BCUT2D eigenvalue weighted by Crippen LogP contribution is 2.33. The van der Waals surface area contributed by atoms with Gasteiger partial charge in [-0.15, -0.1) is 0 Å². The molecule has 4 rings (SSSR count). The van der Waals surface area contributed by atoms with Crippen molar-refractivity contribution in [3.8, 4) is 11.1 Å². The van der Waals surface area contributed by atoms with Crippen molar-refractivity contribution in [2.45, 2.75) is 0 Å². The number of hydrogen-bond donors (Lipinski definition) is 2. The van der Waals surface area contributed by atoms with Gasteiger partial charge in [-0.3, -0.25) is 0 Å². The first-order chi connectivity index (χ1) is 10.9. The van der Waals surface area contributed by atoms with Crippen LogP contribution in [0.25, 0.3) is 22.2 Å². The number of H-pyrrole nitrogens is 1. The summed E-state index contributed by atoms with van der Waals surface area (Å²) in [7, 11) is 0. The molecule has 0 atom stereocenters. The summed E-state index contributed by atoms with van der Waals surface area (Å²) in [6.45, 7) is 0. The van der Waals surface area contributed by atoms with Gasteiger partial charge >= 0.3 is 0 Å². The minimum absolute atomic E-state index is 0.909. The molecule has 0 aliphatic heterocycles. The molecule has 0 spiro atoms. The van der Waals surface area contributed by atoms with E-state index < -0.39 is 0 Å². The average molecular weight is 285 g/mol. The van der Waals surface area contributed by atoms with Crippen LogP contribution in [-0.2, 0) is 0 Å². The third-order valence-corrected chi connectivity index (χ3v) is 3.73. The van der Waals surface area contributed by atoms with E-state index in [4.69, 9.17) is 0 Å². The standard InChI is InChI=1S/C19H15N3/c1-2-6-14(7-3-1)22-18-9-5-4-8-16(18)15-10-12-20-19-17(15)11-13-21-19/h1-13,22H,(H,20,21). The molecule has 0 radical (unpaired) electrons. The van der Waals surface area contributed by atoms with Crippen molar-refractivity contribution in [2.24, 2.45) is 0 Å². The maximum atomic E-state index is 4.37. The van der Waals surface area contributed by atoms with E-state index in [9.17, 15) is 0 Å². The Labute approximate surface area is 128 Å². The normalized spacial score (nSPS) is 10.7. The summed E-state index contributed by atoms with van der Waals surface area (Å²) in [5.41, 5.74) is 5.41. The number of rotatable bonds is 3. The van der Waals surface area contributed by atoms with Crippen LogP contribution in [0.4, 0.5) is 11.4 Å². The molecule has 106 valence electrons. The van der Waals surface area contributed by atoms with Crippen LogP contribution in [0.1, 0.15) is 0 Å². The van der Waals surface area contributed by atoms with Crippen molar-refractivity contribution in [3.63, 3.8) is 0 Å². The minimum Gasteiger partial charge on any atom is -0.355 e. The molecule has 0 aliphatic carbocycles. The van der Waals surface area contributed by atoms with Gasteiger partial charge < -0.3 is 10.3 Å². The Kier molecular flexibility index (Phi) is 3.09. The van der Waals surface area contributed by atoms with Crippen LogP contribution in [0.5, 0.6) is 0 Å². The molecule has 0 saturated heterocycles. The van der Waals surface area contributed by atoms with Gasteiger partial charge in [0.15, 0.2) is 0 Å². The van der Waals surface area contributed by atoms with E-state index in [1.54, 1.807) is 0 Å². The number of nitrogens with zero attached hydrogens (tertiary/aromatic N) is 1. The lowest BCUT2D eigenvalue weighted by molar-refractivity contribution is 1.33. The molecule has 0 fully saturated rings. The van der Waals surface area contributed by atoms with Crippen LogP contribution >= 0.6 is 0 Å².